The van der Waals surface area contributed by atoms with Crippen LogP contribution in [0.25, 0.3) is 0 Å². The third kappa shape index (κ3) is 6.86. The lowest BCUT2D eigenvalue weighted by Crippen LogP contribution is -2.36. The molecule has 0 aromatic heterocycles. The fourth-order valence-corrected chi connectivity index (χ4v) is 1.15. The van der Waals surface area contributed by atoms with E-state index < -0.39 is 0 Å². The minimum absolute atomic E-state index is 0.516. The van der Waals surface area contributed by atoms with Crippen LogP contribution in [0.2, 0.25) is 0 Å². The molecule has 0 saturated carbocycles. The summed E-state index contributed by atoms with van der Waals surface area (Å²) in [5, 5.41) is 2.68. The van der Waals surface area contributed by atoms with Crippen molar-refractivity contribution >= 4 is 6.41 Å². The summed E-state index contributed by atoms with van der Waals surface area (Å²) in [6.07, 6.45) is 1.76. The lowest BCUT2D eigenvalue weighted by atomic mass is 10.2. The van der Waals surface area contributed by atoms with Crippen molar-refractivity contribution < 1.29 is 4.79 Å². The smallest absolute Gasteiger partial charge is 0.207 e. The summed E-state index contributed by atoms with van der Waals surface area (Å²) in [6.45, 7) is 5.08. The number of nitrogens with zero attached hydrogens (tertiary/aromatic N) is 2. The highest BCUT2D eigenvalue weighted by atomic mass is 16.1. The van der Waals surface area contributed by atoms with E-state index >= 15 is 0 Å². The lowest BCUT2D eigenvalue weighted by Gasteiger charge is -2.25. The third-order valence-electron chi connectivity index (χ3n) is 2.44. The van der Waals surface area contributed by atoms with Gasteiger partial charge in [-0.2, -0.15) is 0 Å². The first kappa shape index (κ1) is 13.4. The SMILES string of the molecule is CC(CCNC=O)N(C)CCN(C)C. The molecular formula is C10H23N3O. The molecule has 0 radical (unpaired) electrons. The highest BCUT2D eigenvalue weighted by Gasteiger charge is 2.08. The van der Waals surface area contributed by atoms with Crippen LogP contribution in [0.1, 0.15) is 13.3 Å². The maximum atomic E-state index is 10.0. The monoisotopic (exact) mass is 201 g/mol. The number of likely N-dealkylation sites (N-methyl/N-ethyl adjacent to an activating group) is 2. The van der Waals surface area contributed by atoms with Crippen molar-refractivity contribution in [3.05, 3.63) is 0 Å². The molecule has 0 bridgehead atoms. The van der Waals surface area contributed by atoms with Crippen LogP contribution in [0.4, 0.5) is 0 Å². The number of carbonyl (C=O) groups is 1. The lowest BCUT2D eigenvalue weighted by molar-refractivity contribution is -0.109. The third-order valence-corrected chi connectivity index (χ3v) is 2.44. The molecular weight excluding hydrogens is 178 g/mol. The molecule has 0 aromatic carbocycles. The number of hydrogen-bond donors (Lipinski definition) is 1. The molecule has 0 heterocycles. The second-order valence-corrected chi connectivity index (χ2v) is 3.99. The van der Waals surface area contributed by atoms with Crippen molar-refractivity contribution in [3.63, 3.8) is 0 Å². The number of hydrogen-bond acceptors (Lipinski definition) is 3. The summed E-state index contributed by atoms with van der Waals surface area (Å²) < 4.78 is 0. The summed E-state index contributed by atoms with van der Waals surface area (Å²) in [6, 6.07) is 0.516. The number of carbonyl (C=O) groups excluding carboxylic acids is 1. The molecule has 0 saturated heterocycles. The van der Waals surface area contributed by atoms with Gasteiger partial charge in [0.2, 0.25) is 6.41 Å². The molecule has 4 nitrogen and oxygen atoms in total. The van der Waals surface area contributed by atoms with Crippen LogP contribution in [0, 0.1) is 0 Å². The molecule has 1 N–H and O–H groups in total. The van der Waals surface area contributed by atoms with Crippen LogP contribution >= 0.6 is 0 Å². The van der Waals surface area contributed by atoms with Gasteiger partial charge in [0.05, 0.1) is 0 Å². The molecule has 0 rings (SSSR count). The summed E-state index contributed by atoms with van der Waals surface area (Å²) in [7, 11) is 6.27. The van der Waals surface area contributed by atoms with Gasteiger partial charge in [-0.05, 0) is 34.5 Å². The Morgan fingerprint density at radius 1 is 1.29 bits per heavy atom. The Kier molecular flexibility index (Phi) is 7.42. The first-order valence-corrected chi connectivity index (χ1v) is 5.10. The summed E-state index contributed by atoms with van der Waals surface area (Å²) in [5.74, 6) is 0. The van der Waals surface area contributed by atoms with E-state index in [0.717, 1.165) is 32.5 Å². The fraction of sp³-hybridized carbons (Fsp3) is 0.900. The van der Waals surface area contributed by atoms with E-state index in [-0.39, 0.29) is 0 Å². The van der Waals surface area contributed by atoms with Crippen molar-refractivity contribution in [2.24, 2.45) is 0 Å². The molecule has 14 heavy (non-hydrogen) atoms. The van der Waals surface area contributed by atoms with Gasteiger partial charge in [0.1, 0.15) is 0 Å². The Hall–Kier alpha value is -0.610. The van der Waals surface area contributed by atoms with Gasteiger partial charge in [-0.1, -0.05) is 0 Å². The quantitative estimate of drug-likeness (QED) is 0.444. The topological polar surface area (TPSA) is 35.6 Å². The zero-order chi connectivity index (χ0) is 11.0. The predicted octanol–water partition coefficient (Wildman–Crippen LogP) is 0.00440. The first-order valence-electron chi connectivity index (χ1n) is 5.10. The second-order valence-electron chi connectivity index (χ2n) is 3.99. The van der Waals surface area contributed by atoms with E-state index in [1.165, 1.54) is 0 Å². The van der Waals surface area contributed by atoms with Crippen LogP contribution in [-0.4, -0.2) is 63.0 Å². The van der Waals surface area contributed by atoms with E-state index in [4.69, 9.17) is 0 Å². The van der Waals surface area contributed by atoms with Gasteiger partial charge in [0.15, 0.2) is 0 Å². The van der Waals surface area contributed by atoms with Crippen LogP contribution in [-0.2, 0) is 4.79 Å². The number of nitrogens with one attached hydrogen (secondary N) is 1. The van der Waals surface area contributed by atoms with Gasteiger partial charge >= 0.3 is 0 Å². The van der Waals surface area contributed by atoms with Crippen LogP contribution in [0.5, 0.6) is 0 Å². The zero-order valence-corrected chi connectivity index (χ0v) is 9.79. The maximum absolute atomic E-state index is 10.0. The maximum Gasteiger partial charge on any atom is 0.207 e. The Morgan fingerprint density at radius 3 is 2.43 bits per heavy atom. The Balaban J connectivity index is 3.53. The van der Waals surface area contributed by atoms with E-state index in [9.17, 15) is 4.79 Å². The number of rotatable bonds is 8. The predicted molar refractivity (Wildman–Crippen MR) is 59.3 cm³/mol. The summed E-state index contributed by atoms with van der Waals surface area (Å²) in [4.78, 5) is 14.5. The van der Waals surface area contributed by atoms with E-state index in [0.29, 0.717) is 6.04 Å². The molecule has 4 heteroatoms. The molecule has 0 aliphatic rings. The first-order chi connectivity index (χ1) is 6.57. The fourth-order valence-electron chi connectivity index (χ4n) is 1.15. The molecule has 0 aliphatic heterocycles. The Morgan fingerprint density at radius 2 is 1.93 bits per heavy atom. The standard InChI is InChI=1S/C10H23N3O/c1-10(5-6-11-9-14)13(4)8-7-12(2)3/h9-10H,5-8H2,1-4H3,(H,11,14). The van der Waals surface area contributed by atoms with Crippen LogP contribution in [0.15, 0.2) is 0 Å². The Bertz CT molecular complexity index is 150. The van der Waals surface area contributed by atoms with Crippen LogP contribution in [0.3, 0.4) is 0 Å². The van der Waals surface area contributed by atoms with E-state index in [1.807, 2.05) is 0 Å². The summed E-state index contributed by atoms with van der Waals surface area (Å²) in [5.41, 5.74) is 0. The molecule has 0 aliphatic carbocycles. The molecule has 0 spiro atoms. The molecule has 1 atom stereocenters. The zero-order valence-electron chi connectivity index (χ0n) is 9.79. The average Bonchev–Trinajstić information content (AvgIpc) is 2.14. The largest absolute Gasteiger partial charge is 0.359 e. The highest BCUT2D eigenvalue weighted by Crippen LogP contribution is 1.99. The van der Waals surface area contributed by atoms with Gasteiger partial charge < -0.3 is 15.1 Å². The van der Waals surface area contributed by atoms with E-state index in [2.05, 4.69) is 43.2 Å². The molecule has 0 fully saturated rings. The van der Waals surface area contributed by atoms with E-state index in [1.54, 1.807) is 0 Å². The Labute approximate surface area is 87.3 Å². The molecule has 84 valence electrons. The van der Waals surface area contributed by atoms with Gasteiger partial charge in [-0.15, -0.1) is 0 Å². The van der Waals surface area contributed by atoms with Crippen molar-refractivity contribution in [1.29, 1.82) is 0 Å². The molecule has 1 unspecified atom stereocenters. The minimum Gasteiger partial charge on any atom is -0.359 e. The highest BCUT2D eigenvalue weighted by molar-refractivity contribution is 5.45. The van der Waals surface area contributed by atoms with Gasteiger partial charge in [0.25, 0.3) is 0 Å². The van der Waals surface area contributed by atoms with Crippen LogP contribution < -0.4 is 5.32 Å². The molecule has 0 aromatic rings. The van der Waals surface area contributed by atoms with Gasteiger partial charge in [0, 0.05) is 25.7 Å². The summed E-state index contributed by atoms with van der Waals surface area (Å²) >= 11 is 0. The van der Waals surface area contributed by atoms with Crippen molar-refractivity contribution in [2.75, 3.05) is 40.8 Å². The van der Waals surface area contributed by atoms with Crippen molar-refractivity contribution in [3.8, 4) is 0 Å². The second kappa shape index (κ2) is 7.76. The van der Waals surface area contributed by atoms with Crippen molar-refractivity contribution in [1.82, 2.24) is 15.1 Å². The molecule has 1 amide bonds. The average molecular weight is 201 g/mol. The van der Waals surface area contributed by atoms with Crippen molar-refractivity contribution in [2.45, 2.75) is 19.4 Å². The van der Waals surface area contributed by atoms with Gasteiger partial charge in [-0.3, -0.25) is 4.79 Å². The normalized spacial score (nSPS) is 13.3. The van der Waals surface area contributed by atoms with Gasteiger partial charge in [-0.25, -0.2) is 0 Å². The minimum atomic E-state index is 0.516. The number of amides is 1.